The molecule has 2 aliphatic rings. The maximum absolute atomic E-state index is 12.6. The van der Waals surface area contributed by atoms with E-state index < -0.39 is 0 Å². The monoisotopic (exact) mass is 316 g/mol. The molecule has 23 heavy (non-hydrogen) atoms. The molecule has 5 nitrogen and oxygen atoms in total. The van der Waals surface area contributed by atoms with Gasteiger partial charge in [-0.1, -0.05) is 25.0 Å². The van der Waals surface area contributed by atoms with Crippen molar-refractivity contribution in [3.63, 3.8) is 0 Å². The lowest BCUT2D eigenvalue weighted by atomic mass is 9.87. The highest BCUT2D eigenvalue weighted by molar-refractivity contribution is 5.99. The van der Waals surface area contributed by atoms with E-state index in [0.717, 1.165) is 57.1 Å². The third-order valence-corrected chi connectivity index (χ3v) is 5.00. The third kappa shape index (κ3) is 3.24. The zero-order valence-electron chi connectivity index (χ0n) is 13.4. The minimum Gasteiger partial charge on any atom is -0.332 e. The van der Waals surface area contributed by atoms with Crippen molar-refractivity contribution in [2.75, 3.05) is 6.54 Å². The zero-order valence-corrected chi connectivity index (χ0v) is 13.4. The molecular formula is C18H24N2O3. The zero-order chi connectivity index (χ0) is 16.2. The van der Waals surface area contributed by atoms with Crippen molar-refractivity contribution in [2.24, 2.45) is 0 Å². The Morgan fingerprint density at radius 1 is 1.26 bits per heavy atom. The molecular weight excluding hydrogens is 292 g/mol. The summed E-state index contributed by atoms with van der Waals surface area (Å²) in [7, 11) is 0. The molecule has 1 unspecified atom stereocenters. The average molecular weight is 316 g/mol. The van der Waals surface area contributed by atoms with Gasteiger partial charge in [0, 0.05) is 18.5 Å². The van der Waals surface area contributed by atoms with E-state index in [9.17, 15) is 9.59 Å². The molecule has 0 saturated heterocycles. The normalized spacial score (nSPS) is 18.9. The van der Waals surface area contributed by atoms with Crippen LogP contribution in [0, 0.1) is 0 Å². The SMILES string of the molecule is O=C(CCCCCCN1C(=O)c2cccc3c2C1CCC3)NO. The summed E-state index contributed by atoms with van der Waals surface area (Å²) in [6.45, 7) is 0.795. The van der Waals surface area contributed by atoms with Crippen LogP contribution in [0.5, 0.6) is 0 Å². The number of unbranched alkanes of at least 4 members (excludes halogenated alkanes) is 3. The first-order valence-electron chi connectivity index (χ1n) is 8.58. The van der Waals surface area contributed by atoms with Crippen LogP contribution in [0.1, 0.15) is 72.5 Å². The van der Waals surface area contributed by atoms with Crippen LogP contribution in [0.3, 0.4) is 0 Å². The van der Waals surface area contributed by atoms with Crippen molar-refractivity contribution < 1.29 is 14.8 Å². The molecule has 1 aliphatic carbocycles. The number of hydrogen-bond donors (Lipinski definition) is 2. The van der Waals surface area contributed by atoms with Crippen molar-refractivity contribution in [3.8, 4) is 0 Å². The topological polar surface area (TPSA) is 69.6 Å². The highest BCUT2D eigenvalue weighted by Gasteiger charge is 2.38. The molecule has 0 radical (unpaired) electrons. The van der Waals surface area contributed by atoms with Gasteiger partial charge in [-0.05, 0) is 49.3 Å². The Balaban J connectivity index is 1.51. The lowest BCUT2D eigenvalue weighted by Gasteiger charge is -2.29. The van der Waals surface area contributed by atoms with Crippen LogP contribution >= 0.6 is 0 Å². The Kier molecular flexibility index (Phi) is 4.96. The number of carbonyl (C=O) groups is 2. The van der Waals surface area contributed by atoms with Gasteiger partial charge in [-0.15, -0.1) is 0 Å². The highest BCUT2D eigenvalue weighted by Crippen LogP contribution is 2.42. The molecule has 0 bridgehead atoms. The van der Waals surface area contributed by atoms with Crippen LogP contribution in [0.4, 0.5) is 0 Å². The van der Waals surface area contributed by atoms with E-state index in [2.05, 4.69) is 6.07 Å². The Bertz CT molecular complexity index is 600. The summed E-state index contributed by atoms with van der Waals surface area (Å²) in [5, 5.41) is 8.44. The Hall–Kier alpha value is -1.88. The maximum atomic E-state index is 12.6. The molecule has 124 valence electrons. The van der Waals surface area contributed by atoms with E-state index in [1.807, 2.05) is 17.0 Å². The van der Waals surface area contributed by atoms with Crippen LogP contribution in [0.2, 0.25) is 0 Å². The number of aryl methyl sites for hydroxylation is 1. The van der Waals surface area contributed by atoms with E-state index in [4.69, 9.17) is 5.21 Å². The van der Waals surface area contributed by atoms with Crippen LogP contribution < -0.4 is 5.48 Å². The molecule has 5 heteroatoms. The molecule has 1 heterocycles. The van der Waals surface area contributed by atoms with E-state index in [0.29, 0.717) is 6.42 Å². The molecule has 3 rings (SSSR count). The standard InChI is InChI=1S/C18H24N2O3/c21-16(19-23)11-3-1-2-4-12-20-15-10-6-8-13-7-5-9-14(17(13)15)18(20)22/h5,7,9,15,23H,1-4,6,8,10-12H2,(H,19,21). The Morgan fingerprint density at radius 3 is 2.91 bits per heavy atom. The van der Waals surface area contributed by atoms with Gasteiger partial charge >= 0.3 is 0 Å². The minimum atomic E-state index is -0.329. The van der Waals surface area contributed by atoms with E-state index >= 15 is 0 Å². The summed E-state index contributed by atoms with van der Waals surface area (Å²) < 4.78 is 0. The number of benzene rings is 1. The van der Waals surface area contributed by atoms with Gasteiger partial charge in [0.2, 0.25) is 5.91 Å². The number of amides is 2. The van der Waals surface area contributed by atoms with Crippen LogP contribution in [0.15, 0.2) is 18.2 Å². The minimum absolute atomic E-state index is 0.188. The molecule has 0 aromatic heterocycles. The lowest BCUT2D eigenvalue weighted by molar-refractivity contribution is -0.129. The van der Waals surface area contributed by atoms with Crippen LogP contribution in [-0.4, -0.2) is 28.5 Å². The van der Waals surface area contributed by atoms with Gasteiger partial charge in [-0.25, -0.2) is 5.48 Å². The molecule has 1 aromatic carbocycles. The van der Waals surface area contributed by atoms with Gasteiger partial charge in [0.1, 0.15) is 0 Å². The second-order valence-corrected chi connectivity index (χ2v) is 6.48. The predicted molar refractivity (Wildman–Crippen MR) is 86.2 cm³/mol. The first-order valence-corrected chi connectivity index (χ1v) is 8.58. The molecule has 2 N–H and O–H groups in total. The van der Waals surface area contributed by atoms with Crippen molar-refractivity contribution in [2.45, 2.75) is 57.4 Å². The summed E-state index contributed by atoms with van der Waals surface area (Å²) in [5.41, 5.74) is 5.19. The summed E-state index contributed by atoms with van der Waals surface area (Å²) in [5.74, 6) is -0.140. The van der Waals surface area contributed by atoms with Crippen LogP contribution in [0.25, 0.3) is 0 Å². The average Bonchev–Trinajstić information content (AvgIpc) is 2.85. The number of nitrogens with one attached hydrogen (secondary N) is 1. The summed E-state index contributed by atoms with van der Waals surface area (Å²) >= 11 is 0. The highest BCUT2D eigenvalue weighted by atomic mass is 16.5. The number of rotatable bonds is 7. The van der Waals surface area contributed by atoms with Gasteiger partial charge in [-0.2, -0.15) is 0 Å². The Morgan fingerprint density at radius 2 is 2.09 bits per heavy atom. The number of hydroxylamine groups is 1. The third-order valence-electron chi connectivity index (χ3n) is 5.00. The summed E-state index contributed by atoms with van der Waals surface area (Å²) in [6.07, 6.45) is 7.36. The van der Waals surface area contributed by atoms with Gasteiger partial charge in [0.15, 0.2) is 0 Å². The molecule has 1 aromatic rings. The second-order valence-electron chi connectivity index (χ2n) is 6.48. The van der Waals surface area contributed by atoms with Crippen molar-refractivity contribution in [1.29, 1.82) is 0 Å². The fraction of sp³-hybridized carbons (Fsp3) is 0.556. The smallest absolute Gasteiger partial charge is 0.254 e. The maximum Gasteiger partial charge on any atom is 0.254 e. The number of nitrogens with zero attached hydrogens (tertiary/aromatic N) is 1. The van der Waals surface area contributed by atoms with Gasteiger partial charge in [-0.3, -0.25) is 14.8 Å². The quantitative estimate of drug-likeness (QED) is 0.461. The second kappa shape index (κ2) is 7.13. The van der Waals surface area contributed by atoms with Gasteiger partial charge < -0.3 is 4.90 Å². The molecule has 1 atom stereocenters. The largest absolute Gasteiger partial charge is 0.332 e. The van der Waals surface area contributed by atoms with Gasteiger partial charge in [0.05, 0.1) is 6.04 Å². The van der Waals surface area contributed by atoms with E-state index in [1.54, 1.807) is 5.48 Å². The molecule has 0 spiro atoms. The first-order chi connectivity index (χ1) is 11.2. The fourth-order valence-corrected chi connectivity index (χ4v) is 3.88. The lowest BCUT2D eigenvalue weighted by Crippen LogP contribution is -2.30. The fourth-order valence-electron chi connectivity index (χ4n) is 3.88. The van der Waals surface area contributed by atoms with Crippen LogP contribution in [-0.2, 0) is 11.2 Å². The Labute approximate surface area is 136 Å². The van der Waals surface area contributed by atoms with Crippen molar-refractivity contribution >= 4 is 11.8 Å². The number of carbonyl (C=O) groups excluding carboxylic acids is 2. The molecule has 0 saturated carbocycles. The molecule has 0 fully saturated rings. The van der Waals surface area contributed by atoms with Crippen molar-refractivity contribution in [1.82, 2.24) is 10.4 Å². The van der Waals surface area contributed by atoms with Crippen molar-refractivity contribution in [3.05, 3.63) is 34.9 Å². The van der Waals surface area contributed by atoms with E-state index in [-0.39, 0.29) is 17.9 Å². The van der Waals surface area contributed by atoms with Gasteiger partial charge in [0.25, 0.3) is 5.91 Å². The summed E-state index contributed by atoms with van der Waals surface area (Å²) in [4.78, 5) is 25.6. The first kappa shape index (κ1) is 16.0. The molecule has 1 aliphatic heterocycles. The number of hydrogen-bond acceptors (Lipinski definition) is 3. The predicted octanol–water partition coefficient (Wildman–Crippen LogP) is 2.98. The summed E-state index contributed by atoms with van der Waals surface area (Å²) in [6, 6.07) is 6.41. The molecule has 2 amide bonds. The van der Waals surface area contributed by atoms with E-state index in [1.165, 1.54) is 11.1 Å².